The van der Waals surface area contributed by atoms with Crippen LogP contribution in [0.4, 0.5) is 15.8 Å². The summed E-state index contributed by atoms with van der Waals surface area (Å²) in [7, 11) is 0. The predicted octanol–water partition coefficient (Wildman–Crippen LogP) is 4.70. The highest BCUT2D eigenvalue weighted by molar-refractivity contribution is 8.00. The minimum atomic E-state index is -0.689. The van der Waals surface area contributed by atoms with E-state index >= 15 is 0 Å². The molecule has 3 heterocycles. The second-order valence-corrected chi connectivity index (χ2v) is 11.7. The van der Waals surface area contributed by atoms with E-state index in [4.69, 9.17) is 4.74 Å². The summed E-state index contributed by atoms with van der Waals surface area (Å²) in [5.41, 5.74) is 2.74. The Morgan fingerprint density at radius 2 is 1.68 bits per heavy atom. The van der Waals surface area contributed by atoms with Gasteiger partial charge >= 0.3 is 4.87 Å². The second kappa shape index (κ2) is 10.4. The number of hydrogen-bond acceptors (Lipinski definition) is 7. The van der Waals surface area contributed by atoms with Gasteiger partial charge in [-0.25, -0.2) is 9.29 Å². The maximum atomic E-state index is 13.8. The average molecular weight is 576 g/mol. The van der Waals surface area contributed by atoms with Crippen molar-refractivity contribution in [2.45, 2.75) is 23.1 Å². The number of hydrogen-bond donors (Lipinski definition) is 2. The number of carbonyl (C=O) groups is 3. The number of H-pyrrole nitrogens is 1. The van der Waals surface area contributed by atoms with Crippen molar-refractivity contribution in [3.63, 3.8) is 0 Å². The lowest BCUT2D eigenvalue weighted by atomic mass is 9.83. The number of carbonyl (C=O) groups excluding carboxylic acids is 3. The largest absolute Gasteiger partial charge is 0.484 e. The first-order valence-electron chi connectivity index (χ1n) is 12.4. The minimum Gasteiger partial charge on any atom is -0.484 e. The lowest BCUT2D eigenvalue weighted by Gasteiger charge is -2.29. The maximum absolute atomic E-state index is 13.8. The summed E-state index contributed by atoms with van der Waals surface area (Å²) in [6.45, 7) is 1.67. The van der Waals surface area contributed by atoms with Crippen LogP contribution >= 0.6 is 23.1 Å². The molecule has 1 fully saturated rings. The standard InChI is InChI=1S/C29H22FN3O5S2/c1-15-2-10-19(11-3-15)33-27(35)23-22(24-26(32-29(37)40-24)39-25(23)28(33)36)16-4-12-20(13-5-16)38-14-21(34)31-18-8-6-17(30)7-9-18/h2-13,22-23,25H,14H2,1H3,(H,31,34)(H,32,37)/t22-,23-,25+/m0/s1. The third-order valence-corrected chi connectivity index (χ3v) is 9.25. The van der Waals surface area contributed by atoms with Crippen LogP contribution in [0.25, 0.3) is 0 Å². The molecule has 8 nitrogen and oxygen atoms in total. The highest BCUT2D eigenvalue weighted by Crippen LogP contribution is 2.53. The number of ether oxygens (including phenoxy) is 1. The van der Waals surface area contributed by atoms with E-state index in [1.165, 1.54) is 40.9 Å². The smallest absolute Gasteiger partial charge is 0.305 e. The summed E-state index contributed by atoms with van der Waals surface area (Å²) in [4.78, 5) is 56.3. The molecule has 2 aliphatic heterocycles. The second-order valence-electron chi connectivity index (χ2n) is 9.51. The van der Waals surface area contributed by atoms with Crippen LogP contribution in [0.2, 0.25) is 0 Å². The van der Waals surface area contributed by atoms with Crippen molar-refractivity contribution in [2.24, 2.45) is 5.92 Å². The number of fused-ring (bicyclic) bond motifs is 2. The van der Waals surface area contributed by atoms with Gasteiger partial charge in [-0.3, -0.25) is 19.2 Å². The summed E-state index contributed by atoms with van der Waals surface area (Å²) in [6.07, 6.45) is 0. The van der Waals surface area contributed by atoms with Crippen LogP contribution in [-0.2, 0) is 14.4 Å². The zero-order valence-electron chi connectivity index (χ0n) is 21.1. The number of amides is 3. The van der Waals surface area contributed by atoms with Crippen LogP contribution in [0.3, 0.4) is 0 Å². The Morgan fingerprint density at radius 1 is 0.975 bits per heavy atom. The van der Waals surface area contributed by atoms with Gasteiger partial charge in [0, 0.05) is 16.5 Å². The first-order valence-corrected chi connectivity index (χ1v) is 14.1. The monoisotopic (exact) mass is 575 g/mol. The van der Waals surface area contributed by atoms with Gasteiger partial charge in [0.1, 0.15) is 16.8 Å². The molecule has 0 bridgehead atoms. The molecule has 4 aromatic rings. The summed E-state index contributed by atoms with van der Waals surface area (Å²) in [6, 6.07) is 19.6. The van der Waals surface area contributed by atoms with Crippen LogP contribution < -0.4 is 19.8 Å². The molecule has 3 aromatic carbocycles. The normalized spacial score (nSPS) is 19.8. The van der Waals surface area contributed by atoms with Gasteiger partial charge < -0.3 is 15.0 Å². The van der Waals surface area contributed by atoms with Gasteiger partial charge in [0.2, 0.25) is 11.8 Å². The molecule has 0 saturated carbocycles. The molecule has 3 amide bonds. The number of aryl methyl sites for hydroxylation is 1. The van der Waals surface area contributed by atoms with Crippen molar-refractivity contribution in [1.82, 2.24) is 4.98 Å². The predicted molar refractivity (Wildman–Crippen MR) is 151 cm³/mol. The number of aromatic nitrogens is 1. The van der Waals surface area contributed by atoms with E-state index in [2.05, 4.69) is 10.3 Å². The fourth-order valence-electron chi connectivity index (χ4n) is 4.98. The first kappa shape index (κ1) is 26.0. The van der Waals surface area contributed by atoms with Crippen LogP contribution in [0.1, 0.15) is 21.9 Å². The quantitative estimate of drug-likeness (QED) is 0.323. The lowest BCUT2D eigenvalue weighted by Crippen LogP contribution is -2.32. The molecule has 2 N–H and O–H groups in total. The summed E-state index contributed by atoms with van der Waals surface area (Å²) >= 11 is 2.27. The van der Waals surface area contributed by atoms with E-state index in [1.807, 2.05) is 19.1 Å². The topological polar surface area (TPSA) is 109 Å². The number of halogens is 1. The molecule has 40 heavy (non-hydrogen) atoms. The van der Waals surface area contributed by atoms with Gasteiger partial charge in [-0.05, 0) is 61.0 Å². The number of nitrogens with zero attached hydrogens (tertiary/aromatic N) is 1. The van der Waals surface area contributed by atoms with Gasteiger partial charge in [0.05, 0.1) is 16.6 Å². The van der Waals surface area contributed by atoms with Crippen LogP contribution in [0.5, 0.6) is 5.75 Å². The third kappa shape index (κ3) is 4.82. The Bertz CT molecular complexity index is 1670. The maximum Gasteiger partial charge on any atom is 0.305 e. The Balaban J connectivity index is 1.24. The molecule has 0 spiro atoms. The highest BCUT2D eigenvalue weighted by atomic mass is 32.2. The number of rotatable bonds is 6. The molecule has 2 aliphatic rings. The Kier molecular flexibility index (Phi) is 6.77. The number of nitrogens with one attached hydrogen (secondary N) is 2. The average Bonchev–Trinajstić information content (AvgIpc) is 3.44. The summed E-state index contributed by atoms with van der Waals surface area (Å²) in [5, 5.41) is 2.56. The van der Waals surface area contributed by atoms with Crippen molar-refractivity contribution < 1.29 is 23.5 Å². The molecular weight excluding hydrogens is 553 g/mol. The number of imide groups is 1. The van der Waals surface area contributed by atoms with E-state index < -0.39 is 28.8 Å². The van der Waals surface area contributed by atoms with Gasteiger partial charge in [-0.1, -0.05) is 52.9 Å². The minimum absolute atomic E-state index is 0.245. The molecule has 0 aliphatic carbocycles. The molecule has 202 valence electrons. The van der Waals surface area contributed by atoms with E-state index in [0.717, 1.165) is 27.3 Å². The number of aromatic amines is 1. The van der Waals surface area contributed by atoms with Gasteiger partial charge in [-0.2, -0.15) is 0 Å². The van der Waals surface area contributed by atoms with Crippen LogP contribution in [0.15, 0.2) is 82.6 Å². The number of thioether (sulfide) groups is 1. The molecule has 1 aromatic heterocycles. The van der Waals surface area contributed by atoms with Gasteiger partial charge in [0.15, 0.2) is 6.61 Å². The Hall–Kier alpha value is -4.22. The summed E-state index contributed by atoms with van der Waals surface area (Å²) < 4.78 is 18.7. The summed E-state index contributed by atoms with van der Waals surface area (Å²) in [5.74, 6) is -2.19. The molecule has 0 radical (unpaired) electrons. The number of benzene rings is 3. The number of anilines is 2. The SMILES string of the molecule is Cc1ccc(N2C(=O)[C@H]3[C@H](c4ccc(OCC(=O)Nc5ccc(F)cc5)cc4)c4sc(=O)[nH]c4S[C@H]3C2=O)cc1. The Morgan fingerprint density at radius 3 is 2.38 bits per heavy atom. The van der Waals surface area contributed by atoms with Crippen molar-refractivity contribution in [3.05, 3.63) is 104 Å². The van der Waals surface area contributed by atoms with Crippen molar-refractivity contribution >= 4 is 52.2 Å². The van der Waals surface area contributed by atoms with Crippen LogP contribution in [0, 0.1) is 18.7 Å². The van der Waals surface area contributed by atoms with Gasteiger partial charge in [0.25, 0.3) is 5.91 Å². The van der Waals surface area contributed by atoms with Crippen molar-refractivity contribution in [1.29, 1.82) is 0 Å². The highest BCUT2D eigenvalue weighted by Gasteiger charge is 2.56. The van der Waals surface area contributed by atoms with Crippen molar-refractivity contribution in [3.8, 4) is 5.75 Å². The molecule has 3 atom stereocenters. The van der Waals surface area contributed by atoms with Gasteiger partial charge in [-0.15, -0.1) is 0 Å². The molecule has 1 saturated heterocycles. The van der Waals surface area contributed by atoms with E-state index in [-0.39, 0.29) is 23.3 Å². The first-order chi connectivity index (χ1) is 19.3. The molecular formula is C29H22FN3O5S2. The Labute approximate surface area is 236 Å². The van der Waals surface area contributed by atoms with E-state index in [0.29, 0.717) is 22.2 Å². The van der Waals surface area contributed by atoms with Crippen LogP contribution in [-0.4, -0.2) is 34.6 Å². The fraction of sp³-hybridized carbons (Fsp3) is 0.172. The molecule has 6 rings (SSSR count). The van der Waals surface area contributed by atoms with Crippen molar-refractivity contribution in [2.75, 3.05) is 16.8 Å². The van der Waals surface area contributed by atoms with E-state index in [9.17, 15) is 23.6 Å². The zero-order valence-corrected chi connectivity index (χ0v) is 22.7. The number of thiazole rings is 1. The van der Waals surface area contributed by atoms with E-state index in [1.54, 1.807) is 36.4 Å². The fourth-order valence-corrected chi connectivity index (χ4v) is 7.49. The molecule has 0 unspecified atom stereocenters. The zero-order chi connectivity index (χ0) is 28.0. The lowest BCUT2D eigenvalue weighted by molar-refractivity contribution is -0.122. The molecule has 11 heteroatoms. The third-order valence-electron chi connectivity index (χ3n) is 6.85.